The second-order valence-corrected chi connectivity index (χ2v) is 5.88. The van der Waals surface area contributed by atoms with Gasteiger partial charge in [0, 0.05) is 12.6 Å². The monoisotopic (exact) mass is 366 g/mol. The van der Waals surface area contributed by atoms with Gasteiger partial charge in [-0.2, -0.15) is 0 Å². The number of nitrogens with one attached hydrogen (secondary N) is 3. The van der Waals surface area contributed by atoms with Gasteiger partial charge in [0.25, 0.3) is 0 Å². The van der Waals surface area contributed by atoms with Crippen LogP contribution in [-0.4, -0.2) is 64.1 Å². The van der Waals surface area contributed by atoms with Gasteiger partial charge in [0.15, 0.2) is 6.10 Å². The summed E-state index contributed by atoms with van der Waals surface area (Å²) < 4.78 is 5.28. The number of amides is 3. The maximum atomic E-state index is 11.9. The van der Waals surface area contributed by atoms with Crippen LogP contribution in [0.2, 0.25) is 0 Å². The van der Waals surface area contributed by atoms with Crippen LogP contribution in [-0.2, 0) is 9.53 Å². The molecule has 2 rings (SSSR count). The van der Waals surface area contributed by atoms with Crippen LogP contribution in [0.1, 0.15) is 12.5 Å². The molecule has 0 aliphatic carbocycles. The predicted octanol–water partition coefficient (Wildman–Crippen LogP) is -0.952. The minimum Gasteiger partial charge on any atom is -0.470 e. The highest BCUT2D eigenvalue weighted by Gasteiger charge is 2.43. The van der Waals surface area contributed by atoms with E-state index >= 15 is 0 Å². The number of anilines is 1. The molecule has 10 nitrogen and oxygen atoms in total. The molecule has 0 aromatic heterocycles. The normalized spacial score (nSPS) is 26.7. The van der Waals surface area contributed by atoms with Crippen LogP contribution in [0.25, 0.3) is 0 Å². The van der Waals surface area contributed by atoms with Crippen LogP contribution in [0.4, 0.5) is 10.5 Å². The van der Waals surface area contributed by atoms with Gasteiger partial charge in [0.2, 0.25) is 11.8 Å². The number of benzene rings is 1. The van der Waals surface area contributed by atoms with Crippen molar-refractivity contribution in [1.29, 1.82) is 0 Å². The van der Waals surface area contributed by atoms with Gasteiger partial charge in [-0.05, 0) is 19.1 Å². The Balaban J connectivity index is 2.09. The molecule has 10 heteroatoms. The maximum Gasteiger partial charge on any atom is 0.339 e. The minimum absolute atomic E-state index is 0.240. The number of aliphatic hydroxyl groups is 3. The van der Waals surface area contributed by atoms with Crippen molar-refractivity contribution in [3.63, 3.8) is 0 Å². The lowest BCUT2D eigenvalue weighted by Gasteiger charge is -2.37. The van der Waals surface area contributed by atoms with Crippen LogP contribution in [0.15, 0.2) is 29.4 Å². The molecule has 1 aromatic carbocycles. The van der Waals surface area contributed by atoms with E-state index < -0.39 is 42.9 Å². The van der Waals surface area contributed by atoms with Gasteiger partial charge < -0.3 is 30.7 Å². The summed E-state index contributed by atoms with van der Waals surface area (Å²) >= 11 is 0. The Morgan fingerprint density at radius 3 is 2.42 bits per heavy atom. The van der Waals surface area contributed by atoms with E-state index in [0.29, 0.717) is 5.69 Å². The average Bonchev–Trinajstić information content (AvgIpc) is 2.60. The number of carbonyl (C=O) groups excluding carboxylic acids is 2. The number of aryl methyl sites for hydroxylation is 1. The summed E-state index contributed by atoms with van der Waals surface area (Å²) in [5, 5.41) is 37.9. The van der Waals surface area contributed by atoms with E-state index in [-0.39, 0.29) is 5.90 Å². The maximum absolute atomic E-state index is 11.9. The predicted molar refractivity (Wildman–Crippen MR) is 92.3 cm³/mol. The van der Waals surface area contributed by atoms with E-state index in [1.807, 2.05) is 19.1 Å². The fraction of sp³-hybridized carbons (Fsp3) is 0.438. The Morgan fingerprint density at radius 1 is 1.19 bits per heavy atom. The molecule has 1 aliphatic heterocycles. The molecule has 1 heterocycles. The molecule has 26 heavy (non-hydrogen) atoms. The average molecular weight is 366 g/mol. The van der Waals surface area contributed by atoms with Crippen molar-refractivity contribution >= 4 is 23.5 Å². The number of rotatable bonds is 4. The van der Waals surface area contributed by atoms with Crippen LogP contribution >= 0.6 is 0 Å². The van der Waals surface area contributed by atoms with E-state index in [1.54, 1.807) is 12.1 Å². The number of aliphatic hydroxyl groups excluding tert-OH is 3. The third-order valence-electron chi connectivity index (χ3n) is 3.73. The lowest BCUT2D eigenvalue weighted by atomic mass is 9.97. The molecule has 0 radical (unpaired) electrons. The van der Waals surface area contributed by atoms with E-state index in [4.69, 9.17) is 4.74 Å². The Kier molecular flexibility index (Phi) is 6.50. The number of hydrogen-bond acceptors (Lipinski definition) is 7. The van der Waals surface area contributed by atoms with Gasteiger partial charge in [0.1, 0.15) is 18.2 Å². The van der Waals surface area contributed by atoms with Crippen molar-refractivity contribution in [2.45, 2.75) is 38.2 Å². The largest absolute Gasteiger partial charge is 0.470 e. The summed E-state index contributed by atoms with van der Waals surface area (Å²) in [6.45, 7) is 2.54. The SMILES string of the molecule is CC(=O)N[C@H]1/C(=N/NC(=O)Nc2ccc(C)cc2)O[C@H](CO)[C@@H](O)[C@@H]1O. The van der Waals surface area contributed by atoms with Gasteiger partial charge in [-0.15, -0.1) is 5.10 Å². The first-order valence-corrected chi connectivity index (χ1v) is 7.93. The van der Waals surface area contributed by atoms with Gasteiger partial charge >= 0.3 is 6.03 Å². The number of hydrazone groups is 1. The first-order chi connectivity index (χ1) is 12.3. The van der Waals surface area contributed by atoms with Crippen molar-refractivity contribution in [2.75, 3.05) is 11.9 Å². The van der Waals surface area contributed by atoms with E-state index in [2.05, 4.69) is 21.2 Å². The first-order valence-electron chi connectivity index (χ1n) is 7.93. The molecule has 3 amide bonds. The molecular formula is C16H22N4O6. The highest BCUT2D eigenvalue weighted by Crippen LogP contribution is 2.17. The third kappa shape index (κ3) is 4.91. The number of urea groups is 1. The lowest BCUT2D eigenvalue weighted by molar-refractivity contribution is -0.125. The topological polar surface area (TPSA) is 153 Å². The van der Waals surface area contributed by atoms with Gasteiger partial charge in [-0.3, -0.25) is 4.79 Å². The van der Waals surface area contributed by atoms with Gasteiger partial charge in [0.05, 0.1) is 6.61 Å². The second kappa shape index (κ2) is 8.61. The second-order valence-electron chi connectivity index (χ2n) is 5.88. The Labute approximate surface area is 149 Å². The molecule has 1 aliphatic rings. The molecule has 1 aromatic rings. The van der Waals surface area contributed by atoms with Crippen molar-refractivity contribution in [2.24, 2.45) is 5.10 Å². The Morgan fingerprint density at radius 2 is 1.85 bits per heavy atom. The summed E-state index contributed by atoms with van der Waals surface area (Å²) in [5.41, 5.74) is 3.76. The minimum atomic E-state index is -1.47. The lowest BCUT2D eigenvalue weighted by Crippen LogP contribution is -2.62. The Bertz CT molecular complexity index is 678. The standard InChI is InChI=1S/C16H22N4O6/c1-8-3-5-10(6-4-8)18-16(25)20-19-15-12(17-9(2)22)14(24)13(23)11(7-21)26-15/h3-6,11-14,21,23-24H,7H2,1-2H3,(H,17,22)(H2,18,20,25)/b19-15-/t11-,12-,13-,14-/m1/s1. The fourth-order valence-corrected chi connectivity index (χ4v) is 2.37. The fourth-order valence-electron chi connectivity index (χ4n) is 2.37. The molecule has 6 N–H and O–H groups in total. The van der Waals surface area contributed by atoms with Crippen LogP contribution in [0.3, 0.4) is 0 Å². The molecule has 1 fully saturated rings. The molecule has 1 saturated heterocycles. The van der Waals surface area contributed by atoms with E-state index in [9.17, 15) is 24.9 Å². The third-order valence-corrected chi connectivity index (χ3v) is 3.73. The van der Waals surface area contributed by atoms with Crippen LogP contribution < -0.4 is 16.1 Å². The highest BCUT2D eigenvalue weighted by atomic mass is 16.5. The Hall–Kier alpha value is -2.69. The highest BCUT2D eigenvalue weighted by molar-refractivity contribution is 5.92. The first kappa shape index (κ1) is 19.6. The van der Waals surface area contributed by atoms with Crippen molar-refractivity contribution in [3.05, 3.63) is 29.8 Å². The molecule has 0 bridgehead atoms. The molecule has 0 saturated carbocycles. The number of ether oxygens (including phenoxy) is 1. The zero-order valence-electron chi connectivity index (χ0n) is 14.3. The van der Waals surface area contributed by atoms with Crippen molar-refractivity contribution < 1.29 is 29.6 Å². The quantitative estimate of drug-likeness (QED) is 0.378. The van der Waals surface area contributed by atoms with E-state index in [1.165, 1.54) is 6.92 Å². The van der Waals surface area contributed by atoms with Crippen LogP contribution in [0, 0.1) is 6.92 Å². The van der Waals surface area contributed by atoms with Gasteiger partial charge in [-0.25, -0.2) is 10.2 Å². The molecule has 0 spiro atoms. The number of hydrogen-bond donors (Lipinski definition) is 6. The zero-order chi connectivity index (χ0) is 19.3. The number of carbonyl (C=O) groups is 2. The smallest absolute Gasteiger partial charge is 0.339 e. The summed E-state index contributed by atoms with van der Waals surface area (Å²) in [6, 6.07) is 5.21. The zero-order valence-corrected chi connectivity index (χ0v) is 14.3. The van der Waals surface area contributed by atoms with Crippen molar-refractivity contribution in [3.8, 4) is 0 Å². The molecular weight excluding hydrogens is 344 g/mol. The van der Waals surface area contributed by atoms with Crippen LogP contribution in [0.5, 0.6) is 0 Å². The van der Waals surface area contributed by atoms with Gasteiger partial charge in [-0.1, -0.05) is 17.7 Å². The molecule has 4 atom stereocenters. The number of nitrogens with zero attached hydrogens (tertiary/aromatic N) is 1. The van der Waals surface area contributed by atoms with E-state index in [0.717, 1.165) is 5.56 Å². The van der Waals surface area contributed by atoms with Crippen molar-refractivity contribution in [1.82, 2.24) is 10.7 Å². The summed E-state index contributed by atoms with van der Waals surface area (Å²) in [5.74, 6) is -0.736. The molecule has 142 valence electrons. The summed E-state index contributed by atoms with van der Waals surface area (Å²) in [6.07, 6.45) is -4.04. The molecule has 0 unspecified atom stereocenters. The summed E-state index contributed by atoms with van der Waals surface area (Å²) in [4.78, 5) is 23.2. The summed E-state index contributed by atoms with van der Waals surface area (Å²) in [7, 11) is 0.